The van der Waals surface area contributed by atoms with Crippen molar-refractivity contribution in [2.24, 2.45) is 5.41 Å². The summed E-state index contributed by atoms with van der Waals surface area (Å²) in [4.78, 5) is 15.0. The molecule has 5 nitrogen and oxygen atoms in total. The number of pyridine rings is 1. The summed E-state index contributed by atoms with van der Waals surface area (Å²) >= 11 is 0. The van der Waals surface area contributed by atoms with Crippen molar-refractivity contribution >= 4 is 11.8 Å². The van der Waals surface area contributed by atoms with Gasteiger partial charge < -0.3 is 15.5 Å². The zero-order valence-corrected chi connectivity index (χ0v) is 11.0. The number of anilines is 1. The minimum atomic E-state index is -0.977. The largest absolute Gasteiger partial charge is 0.478 e. The highest BCUT2D eigenvalue weighted by molar-refractivity contribution is 5.88. The van der Waals surface area contributed by atoms with Crippen LogP contribution >= 0.6 is 0 Å². The fourth-order valence-corrected chi connectivity index (χ4v) is 1.67. The second kappa shape index (κ2) is 5.82. The third kappa shape index (κ3) is 4.00. The number of hydrogen-bond acceptors (Lipinski definition) is 4. The van der Waals surface area contributed by atoms with Crippen LogP contribution in [0.15, 0.2) is 18.3 Å². The zero-order chi connectivity index (χ0) is 13.8. The molecule has 5 heteroatoms. The SMILES string of the molecule is CC(C)(C)C(CCO)Nc1cc(C(=O)O)ccn1. The van der Waals surface area contributed by atoms with Crippen LogP contribution in [0, 0.1) is 5.41 Å². The van der Waals surface area contributed by atoms with Crippen molar-refractivity contribution in [3.63, 3.8) is 0 Å². The van der Waals surface area contributed by atoms with Gasteiger partial charge >= 0.3 is 5.97 Å². The van der Waals surface area contributed by atoms with E-state index in [1.165, 1.54) is 18.3 Å². The average molecular weight is 252 g/mol. The number of nitrogens with one attached hydrogen (secondary N) is 1. The number of carbonyl (C=O) groups is 1. The van der Waals surface area contributed by atoms with Gasteiger partial charge in [0.05, 0.1) is 5.56 Å². The Hall–Kier alpha value is -1.62. The van der Waals surface area contributed by atoms with E-state index in [1.807, 2.05) is 0 Å². The van der Waals surface area contributed by atoms with Crippen molar-refractivity contribution in [1.29, 1.82) is 0 Å². The zero-order valence-electron chi connectivity index (χ0n) is 11.0. The summed E-state index contributed by atoms with van der Waals surface area (Å²) in [6.45, 7) is 6.25. The highest BCUT2D eigenvalue weighted by Gasteiger charge is 2.24. The van der Waals surface area contributed by atoms with Crippen LogP contribution in [0.2, 0.25) is 0 Å². The molecule has 0 aliphatic rings. The van der Waals surface area contributed by atoms with Crippen molar-refractivity contribution < 1.29 is 15.0 Å². The van der Waals surface area contributed by atoms with Gasteiger partial charge in [-0.15, -0.1) is 0 Å². The molecule has 0 aliphatic carbocycles. The molecule has 0 saturated heterocycles. The first kappa shape index (κ1) is 14.4. The number of hydrogen-bond donors (Lipinski definition) is 3. The van der Waals surface area contributed by atoms with Gasteiger partial charge in [0, 0.05) is 18.8 Å². The molecule has 0 saturated carbocycles. The van der Waals surface area contributed by atoms with Gasteiger partial charge in [0.15, 0.2) is 0 Å². The topological polar surface area (TPSA) is 82.5 Å². The van der Waals surface area contributed by atoms with Crippen molar-refractivity contribution in [3.05, 3.63) is 23.9 Å². The summed E-state index contributed by atoms with van der Waals surface area (Å²) in [5.74, 6) is -0.460. The summed E-state index contributed by atoms with van der Waals surface area (Å²) in [6, 6.07) is 2.98. The van der Waals surface area contributed by atoms with Crippen molar-refractivity contribution in [3.8, 4) is 0 Å². The molecule has 3 N–H and O–H groups in total. The van der Waals surface area contributed by atoms with Crippen LogP contribution in [0.1, 0.15) is 37.6 Å². The molecule has 0 bridgehead atoms. The number of nitrogens with zero attached hydrogens (tertiary/aromatic N) is 1. The summed E-state index contributed by atoms with van der Waals surface area (Å²) < 4.78 is 0. The number of aliphatic hydroxyl groups excluding tert-OH is 1. The number of carboxylic acid groups (broad SMARTS) is 1. The highest BCUT2D eigenvalue weighted by Crippen LogP contribution is 2.25. The average Bonchev–Trinajstić information content (AvgIpc) is 2.27. The van der Waals surface area contributed by atoms with Crippen molar-refractivity contribution in [1.82, 2.24) is 4.98 Å². The van der Waals surface area contributed by atoms with Crippen LogP contribution in [0.25, 0.3) is 0 Å². The number of carboxylic acids is 1. The first-order valence-corrected chi connectivity index (χ1v) is 5.91. The lowest BCUT2D eigenvalue weighted by Gasteiger charge is -2.31. The maximum atomic E-state index is 10.9. The van der Waals surface area contributed by atoms with Crippen LogP contribution in [0.4, 0.5) is 5.82 Å². The molecular formula is C13H20N2O3. The maximum Gasteiger partial charge on any atom is 0.335 e. The molecule has 1 rings (SSSR count). The fraction of sp³-hybridized carbons (Fsp3) is 0.538. The smallest absolute Gasteiger partial charge is 0.335 e. The van der Waals surface area contributed by atoms with Gasteiger partial charge in [-0.1, -0.05) is 20.8 Å². The lowest BCUT2D eigenvalue weighted by atomic mass is 9.85. The molecule has 100 valence electrons. The van der Waals surface area contributed by atoms with Gasteiger partial charge in [-0.05, 0) is 24.0 Å². The molecule has 0 aliphatic heterocycles. The standard InChI is InChI=1S/C13H20N2O3/c1-13(2,3)10(5-7-16)15-11-8-9(12(17)18)4-6-14-11/h4,6,8,10,16H,5,7H2,1-3H3,(H,14,15)(H,17,18). The molecule has 0 aromatic carbocycles. The van der Waals surface area contributed by atoms with Gasteiger partial charge in [-0.2, -0.15) is 0 Å². The van der Waals surface area contributed by atoms with Gasteiger partial charge in [0.2, 0.25) is 0 Å². The normalized spacial score (nSPS) is 13.1. The van der Waals surface area contributed by atoms with E-state index >= 15 is 0 Å². The van der Waals surface area contributed by atoms with Crippen molar-refractivity contribution in [2.45, 2.75) is 33.2 Å². The monoisotopic (exact) mass is 252 g/mol. The molecule has 0 spiro atoms. The van der Waals surface area contributed by atoms with Crippen LogP contribution in [-0.4, -0.2) is 33.8 Å². The minimum absolute atomic E-state index is 0.0269. The Bertz CT molecular complexity index is 413. The number of aliphatic hydroxyl groups is 1. The van der Waals surface area contributed by atoms with E-state index < -0.39 is 5.97 Å². The molecule has 1 unspecified atom stereocenters. The number of aromatic carboxylic acids is 1. The van der Waals surface area contributed by atoms with E-state index in [0.29, 0.717) is 12.2 Å². The second-order valence-corrected chi connectivity index (χ2v) is 5.31. The molecular weight excluding hydrogens is 232 g/mol. The van der Waals surface area contributed by atoms with Crippen molar-refractivity contribution in [2.75, 3.05) is 11.9 Å². The van der Waals surface area contributed by atoms with E-state index in [4.69, 9.17) is 10.2 Å². The first-order chi connectivity index (χ1) is 8.34. The molecule has 0 fully saturated rings. The lowest BCUT2D eigenvalue weighted by Crippen LogP contribution is -2.35. The predicted molar refractivity (Wildman–Crippen MR) is 69.8 cm³/mol. The Balaban J connectivity index is 2.87. The Morgan fingerprint density at radius 3 is 2.67 bits per heavy atom. The second-order valence-electron chi connectivity index (χ2n) is 5.31. The van der Waals surface area contributed by atoms with Gasteiger partial charge in [0.25, 0.3) is 0 Å². The first-order valence-electron chi connectivity index (χ1n) is 5.91. The van der Waals surface area contributed by atoms with Gasteiger partial charge in [-0.25, -0.2) is 9.78 Å². The molecule has 1 heterocycles. The minimum Gasteiger partial charge on any atom is -0.478 e. The number of rotatable bonds is 5. The van der Waals surface area contributed by atoms with E-state index in [9.17, 15) is 4.79 Å². The van der Waals surface area contributed by atoms with Gasteiger partial charge in [-0.3, -0.25) is 0 Å². The van der Waals surface area contributed by atoms with Crippen LogP contribution in [0.5, 0.6) is 0 Å². The molecule has 0 radical (unpaired) electrons. The molecule has 0 amide bonds. The Labute approximate surface area is 107 Å². The van der Waals surface area contributed by atoms with E-state index in [-0.39, 0.29) is 23.6 Å². The van der Waals surface area contributed by atoms with Crippen LogP contribution in [-0.2, 0) is 0 Å². The summed E-state index contributed by atoms with van der Waals surface area (Å²) in [7, 11) is 0. The molecule has 1 aromatic rings. The van der Waals surface area contributed by atoms with E-state index in [0.717, 1.165) is 0 Å². The summed E-state index contributed by atoms with van der Waals surface area (Å²) in [5, 5.41) is 21.2. The van der Waals surface area contributed by atoms with E-state index in [2.05, 4.69) is 31.1 Å². The third-order valence-electron chi connectivity index (χ3n) is 2.79. The lowest BCUT2D eigenvalue weighted by molar-refractivity contribution is 0.0697. The fourth-order valence-electron chi connectivity index (χ4n) is 1.67. The molecule has 1 atom stereocenters. The van der Waals surface area contributed by atoms with Gasteiger partial charge in [0.1, 0.15) is 5.82 Å². The Morgan fingerprint density at radius 1 is 1.50 bits per heavy atom. The highest BCUT2D eigenvalue weighted by atomic mass is 16.4. The van der Waals surface area contributed by atoms with Crippen LogP contribution < -0.4 is 5.32 Å². The molecule has 18 heavy (non-hydrogen) atoms. The quantitative estimate of drug-likeness (QED) is 0.746. The maximum absolute atomic E-state index is 10.9. The summed E-state index contributed by atoms with van der Waals surface area (Å²) in [6.07, 6.45) is 2.05. The summed E-state index contributed by atoms with van der Waals surface area (Å²) in [5.41, 5.74) is 0.146. The van der Waals surface area contributed by atoms with E-state index in [1.54, 1.807) is 0 Å². The molecule has 1 aromatic heterocycles. The Morgan fingerprint density at radius 2 is 2.17 bits per heavy atom. The number of aromatic nitrogens is 1. The Kier molecular flexibility index (Phi) is 4.67. The van der Waals surface area contributed by atoms with Crippen LogP contribution in [0.3, 0.4) is 0 Å². The third-order valence-corrected chi connectivity index (χ3v) is 2.79. The predicted octanol–water partition coefficient (Wildman–Crippen LogP) is 1.99.